The SMILES string of the molecule is C=CCNC1(C(=O)OCC)CCN2CCCC2C1. The molecule has 0 bridgehead atoms. The third kappa shape index (κ3) is 2.59. The summed E-state index contributed by atoms with van der Waals surface area (Å²) < 4.78 is 5.28. The first-order valence-electron chi connectivity index (χ1n) is 6.99. The van der Waals surface area contributed by atoms with Crippen LogP contribution in [-0.2, 0) is 9.53 Å². The fraction of sp³-hybridized carbons (Fsp3) is 0.786. The number of fused-ring (bicyclic) bond motifs is 1. The van der Waals surface area contributed by atoms with Crippen LogP contribution < -0.4 is 5.32 Å². The van der Waals surface area contributed by atoms with Crippen LogP contribution in [0.1, 0.15) is 32.6 Å². The Hall–Kier alpha value is -0.870. The van der Waals surface area contributed by atoms with Crippen LogP contribution in [0.4, 0.5) is 0 Å². The summed E-state index contributed by atoms with van der Waals surface area (Å²) >= 11 is 0. The Morgan fingerprint density at radius 3 is 3.17 bits per heavy atom. The second-order valence-corrected chi connectivity index (χ2v) is 5.26. The molecule has 1 N–H and O–H groups in total. The van der Waals surface area contributed by atoms with Crippen molar-refractivity contribution in [3.63, 3.8) is 0 Å². The van der Waals surface area contributed by atoms with Crippen molar-refractivity contribution in [1.82, 2.24) is 10.2 Å². The molecule has 2 aliphatic rings. The summed E-state index contributed by atoms with van der Waals surface area (Å²) in [5, 5.41) is 3.36. The molecule has 2 aliphatic heterocycles. The summed E-state index contributed by atoms with van der Waals surface area (Å²) in [5.74, 6) is -0.0848. The van der Waals surface area contributed by atoms with Crippen molar-refractivity contribution in [1.29, 1.82) is 0 Å². The molecule has 18 heavy (non-hydrogen) atoms. The van der Waals surface area contributed by atoms with E-state index in [2.05, 4.69) is 16.8 Å². The highest BCUT2D eigenvalue weighted by Gasteiger charge is 2.46. The van der Waals surface area contributed by atoms with Gasteiger partial charge in [-0.15, -0.1) is 6.58 Å². The van der Waals surface area contributed by atoms with Gasteiger partial charge in [0.2, 0.25) is 0 Å². The average Bonchev–Trinajstić information content (AvgIpc) is 2.83. The Morgan fingerprint density at radius 2 is 2.44 bits per heavy atom. The molecule has 2 fully saturated rings. The molecule has 2 rings (SSSR count). The zero-order valence-corrected chi connectivity index (χ0v) is 11.3. The van der Waals surface area contributed by atoms with Gasteiger partial charge in [-0.3, -0.25) is 10.1 Å². The number of rotatable bonds is 5. The van der Waals surface area contributed by atoms with Crippen LogP contribution in [0.15, 0.2) is 12.7 Å². The van der Waals surface area contributed by atoms with Gasteiger partial charge in [0.05, 0.1) is 6.61 Å². The molecule has 102 valence electrons. The first-order chi connectivity index (χ1) is 8.72. The standard InChI is InChI=1S/C14H24N2O2/c1-3-8-15-14(13(17)18-4-2)7-10-16-9-5-6-12(16)11-14/h3,12,15H,1,4-11H2,2H3. The van der Waals surface area contributed by atoms with Gasteiger partial charge in [-0.1, -0.05) is 6.08 Å². The van der Waals surface area contributed by atoms with E-state index in [-0.39, 0.29) is 5.97 Å². The number of piperidine rings is 1. The van der Waals surface area contributed by atoms with E-state index in [1.54, 1.807) is 0 Å². The molecule has 0 aromatic carbocycles. The normalized spacial score (nSPS) is 31.9. The van der Waals surface area contributed by atoms with Crippen molar-refractivity contribution in [2.45, 2.75) is 44.2 Å². The number of carbonyl (C=O) groups is 1. The Labute approximate surface area is 109 Å². The maximum absolute atomic E-state index is 12.3. The number of nitrogens with zero attached hydrogens (tertiary/aromatic N) is 1. The van der Waals surface area contributed by atoms with Crippen molar-refractivity contribution in [2.75, 3.05) is 26.2 Å². The van der Waals surface area contributed by atoms with Gasteiger partial charge in [0.25, 0.3) is 0 Å². The summed E-state index contributed by atoms with van der Waals surface area (Å²) in [5.41, 5.74) is -0.490. The number of hydrogen-bond acceptors (Lipinski definition) is 4. The molecule has 0 aliphatic carbocycles. The van der Waals surface area contributed by atoms with Gasteiger partial charge in [0.1, 0.15) is 5.54 Å². The van der Waals surface area contributed by atoms with Crippen molar-refractivity contribution in [3.05, 3.63) is 12.7 Å². The van der Waals surface area contributed by atoms with Gasteiger partial charge in [-0.05, 0) is 39.2 Å². The molecule has 4 heteroatoms. The highest BCUT2D eigenvalue weighted by molar-refractivity contribution is 5.81. The summed E-state index contributed by atoms with van der Waals surface area (Å²) in [6.45, 7) is 8.87. The predicted octanol–water partition coefficient (Wildman–Crippen LogP) is 1.32. The van der Waals surface area contributed by atoms with Gasteiger partial charge in [-0.25, -0.2) is 0 Å². The lowest BCUT2D eigenvalue weighted by Crippen LogP contribution is -2.60. The average molecular weight is 252 g/mol. The third-order valence-corrected chi connectivity index (χ3v) is 4.16. The van der Waals surface area contributed by atoms with Crippen LogP contribution in [0.25, 0.3) is 0 Å². The van der Waals surface area contributed by atoms with E-state index in [1.165, 1.54) is 19.4 Å². The van der Waals surface area contributed by atoms with Crippen molar-refractivity contribution in [3.8, 4) is 0 Å². The van der Waals surface area contributed by atoms with Gasteiger partial charge in [0.15, 0.2) is 0 Å². The minimum Gasteiger partial charge on any atom is -0.465 e. The van der Waals surface area contributed by atoms with Crippen LogP contribution >= 0.6 is 0 Å². The minimum atomic E-state index is -0.490. The minimum absolute atomic E-state index is 0.0848. The molecule has 0 radical (unpaired) electrons. The van der Waals surface area contributed by atoms with Gasteiger partial charge < -0.3 is 9.64 Å². The van der Waals surface area contributed by atoms with E-state index in [4.69, 9.17) is 4.74 Å². The fourth-order valence-corrected chi connectivity index (χ4v) is 3.21. The first-order valence-corrected chi connectivity index (χ1v) is 6.99. The van der Waals surface area contributed by atoms with Crippen LogP contribution in [0, 0.1) is 0 Å². The molecular formula is C14H24N2O2. The summed E-state index contributed by atoms with van der Waals surface area (Å²) in [6.07, 6.45) is 5.99. The zero-order valence-electron chi connectivity index (χ0n) is 11.3. The first kappa shape index (κ1) is 13.6. The smallest absolute Gasteiger partial charge is 0.326 e. The summed E-state index contributed by atoms with van der Waals surface area (Å²) in [7, 11) is 0. The molecule has 2 unspecified atom stereocenters. The Bertz CT molecular complexity index is 319. The molecule has 0 aromatic heterocycles. The highest BCUT2D eigenvalue weighted by atomic mass is 16.5. The topological polar surface area (TPSA) is 41.6 Å². The molecule has 0 amide bonds. The number of esters is 1. The summed E-state index contributed by atoms with van der Waals surface area (Å²) in [6, 6.07) is 0.542. The molecule has 2 heterocycles. The molecule has 2 saturated heterocycles. The predicted molar refractivity (Wildman–Crippen MR) is 71.4 cm³/mol. The maximum Gasteiger partial charge on any atom is 0.326 e. The monoisotopic (exact) mass is 252 g/mol. The molecule has 0 saturated carbocycles. The number of ether oxygens (including phenoxy) is 1. The van der Waals surface area contributed by atoms with E-state index < -0.39 is 5.54 Å². The lowest BCUT2D eigenvalue weighted by Gasteiger charge is -2.42. The number of hydrogen-bond donors (Lipinski definition) is 1. The summed E-state index contributed by atoms with van der Waals surface area (Å²) in [4.78, 5) is 14.8. The van der Waals surface area contributed by atoms with E-state index >= 15 is 0 Å². The highest BCUT2D eigenvalue weighted by Crippen LogP contribution is 2.33. The molecule has 4 nitrogen and oxygen atoms in total. The molecule has 0 aromatic rings. The van der Waals surface area contributed by atoms with Crippen LogP contribution in [0.2, 0.25) is 0 Å². The van der Waals surface area contributed by atoms with Gasteiger partial charge >= 0.3 is 5.97 Å². The fourth-order valence-electron chi connectivity index (χ4n) is 3.21. The largest absolute Gasteiger partial charge is 0.465 e. The van der Waals surface area contributed by atoms with Crippen LogP contribution in [-0.4, -0.2) is 48.7 Å². The van der Waals surface area contributed by atoms with E-state index in [0.717, 1.165) is 19.4 Å². The van der Waals surface area contributed by atoms with E-state index in [1.807, 2.05) is 13.0 Å². The second-order valence-electron chi connectivity index (χ2n) is 5.26. The Kier molecular flexibility index (Phi) is 4.40. The van der Waals surface area contributed by atoms with Gasteiger partial charge in [-0.2, -0.15) is 0 Å². The Morgan fingerprint density at radius 1 is 1.61 bits per heavy atom. The van der Waals surface area contributed by atoms with Crippen molar-refractivity contribution >= 4 is 5.97 Å². The van der Waals surface area contributed by atoms with Crippen molar-refractivity contribution < 1.29 is 9.53 Å². The number of carbonyl (C=O) groups excluding carboxylic acids is 1. The van der Waals surface area contributed by atoms with E-state index in [0.29, 0.717) is 19.2 Å². The lowest BCUT2D eigenvalue weighted by molar-refractivity contribution is -0.154. The van der Waals surface area contributed by atoms with Crippen LogP contribution in [0.5, 0.6) is 0 Å². The Balaban J connectivity index is 2.09. The van der Waals surface area contributed by atoms with Gasteiger partial charge in [0, 0.05) is 19.1 Å². The molecular weight excluding hydrogens is 228 g/mol. The van der Waals surface area contributed by atoms with E-state index in [9.17, 15) is 4.79 Å². The molecule has 2 atom stereocenters. The quantitative estimate of drug-likeness (QED) is 0.592. The lowest BCUT2D eigenvalue weighted by atomic mass is 9.83. The van der Waals surface area contributed by atoms with Crippen LogP contribution in [0.3, 0.4) is 0 Å². The zero-order chi connectivity index (χ0) is 13.0. The molecule has 0 spiro atoms. The second kappa shape index (κ2) is 5.85. The van der Waals surface area contributed by atoms with Crippen molar-refractivity contribution in [2.24, 2.45) is 0 Å². The third-order valence-electron chi connectivity index (χ3n) is 4.16. The number of nitrogens with one attached hydrogen (secondary N) is 1. The maximum atomic E-state index is 12.3.